The summed E-state index contributed by atoms with van der Waals surface area (Å²) < 4.78 is 19.1. The van der Waals surface area contributed by atoms with Crippen LogP contribution in [-0.4, -0.2) is 46.0 Å². The lowest BCUT2D eigenvalue weighted by Gasteiger charge is -2.17. The van der Waals surface area contributed by atoms with E-state index >= 15 is 0 Å². The predicted molar refractivity (Wildman–Crippen MR) is 133 cm³/mol. The second-order valence-electron chi connectivity index (χ2n) is 8.05. The fraction of sp³-hybridized carbons (Fsp3) is 0.292. The van der Waals surface area contributed by atoms with Crippen molar-refractivity contribution in [2.75, 3.05) is 31.5 Å². The Morgan fingerprint density at radius 2 is 2.09 bits per heavy atom. The van der Waals surface area contributed by atoms with Crippen LogP contribution in [0.3, 0.4) is 0 Å². The molecule has 0 amide bonds. The molecule has 2 aromatic carbocycles. The first-order valence-corrected chi connectivity index (χ1v) is 12.3. The third-order valence-corrected chi connectivity index (χ3v) is 6.75. The zero-order valence-electron chi connectivity index (χ0n) is 18.4. The Morgan fingerprint density at radius 1 is 1.15 bits per heavy atom. The van der Waals surface area contributed by atoms with Crippen LogP contribution in [0.4, 0.5) is 15.9 Å². The van der Waals surface area contributed by atoms with Crippen LogP contribution in [0.15, 0.2) is 48.8 Å². The van der Waals surface area contributed by atoms with Crippen LogP contribution in [0, 0.1) is 5.82 Å². The highest BCUT2D eigenvalue weighted by Gasteiger charge is 2.15. The highest BCUT2D eigenvalue weighted by Crippen LogP contribution is 2.32. The summed E-state index contributed by atoms with van der Waals surface area (Å²) >= 11 is 8.04. The van der Waals surface area contributed by atoms with Gasteiger partial charge in [-0.3, -0.25) is 4.90 Å². The first kappa shape index (κ1) is 22.9. The quantitative estimate of drug-likeness (QED) is 0.371. The average Bonchev–Trinajstić information content (AvgIpc) is 3.06. The molecule has 0 bridgehead atoms. The zero-order chi connectivity index (χ0) is 23.3. The maximum Gasteiger partial charge on any atom is 0.161 e. The third kappa shape index (κ3) is 5.61. The normalized spacial score (nSPS) is 14.8. The fourth-order valence-corrected chi connectivity index (χ4v) is 5.01. The van der Waals surface area contributed by atoms with E-state index in [0.717, 1.165) is 65.8 Å². The minimum atomic E-state index is -0.295. The molecule has 2 N–H and O–H groups in total. The van der Waals surface area contributed by atoms with Gasteiger partial charge in [-0.15, -0.1) is 0 Å². The summed E-state index contributed by atoms with van der Waals surface area (Å²) in [7, 11) is 0. The maximum atomic E-state index is 13.4. The topological polar surface area (TPSA) is 75.2 Å². The van der Waals surface area contributed by atoms with Gasteiger partial charge in [-0.25, -0.2) is 19.3 Å². The Balaban J connectivity index is 1.28. The lowest BCUT2D eigenvalue weighted by Crippen LogP contribution is -2.27. The number of aromatic nitrogens is 3. The van der Waals surface area contributed by atoms with Crippen molar-refractivity contribution < 1.29 is 9.13 Å². The molecule has 176 valence electrons. The molecule has 0 aliphatic carbocycles. The van der Waals surface area contributed by atoms with Crippen LogP contribution in [0.5, 0.6) is 5.75 Å². The molecule has 1 aliphatic rings. The summed E-state index contributed by atoms with van der Waals surface area (Å²) in [5.74, 6) is 0.860. The predicted octanol–water partition coefficient (Wildman–Crippen LogP) is 5.00. The molecular weight excluding hydrogens is 475 g/mol. The maximum absolute atomic E-state index is 13.4. The van der Waals surface area contributed by atoms with Crippen LogP contribution >= 0.6 is 22.9 Å². The van der Waals surface area contributed by atoms with Crippen molar-refractivity contribution >= 4 is 44.8 Å². The number of rotatable bonds is 7. The fourth-order valence-electron chi connectivity index (χ4n) is 3.83. The SMILES string of the molecule is Fc1cccc(COc2ccc(Nc3ncnc4sc(CN5CCCNCC5)nc34)cc2Cl)c1. The molecule has 2 aromatic heterocycles. The number of nitrogens with zero attached hydrogens (tertiary/aromatic N) is 4. The molecule has 4 aromatic rings. The first-order valence-electron chi connectivity index (χ1n) is 11.1. The first-order chi connectivity index (χ1) is 16.6. The van der Waals surface area contributed by atoms with Gasteiger partial charge in [0.15, 0.2) is 5.82 Å². The Kier molecular flexibility index (Phi) is 7.15. The number of benzene rings is 2. The summed E-state index contributed by atoms with van der Waals surface area (Å²) in [5.41, 5.74) is 2.24. The van der Waals surface area contributed by atoms with Gasteiger partial charge in [0.1, 0.15) is 39.9 Å². The molecule has 7 nitrogen and oxygen atoms in total. The van der Waals surface area contributed by atoms with Gasteiger partial charge in [0.2, 0.25) is 0 Å². The van der Waals surface area contributed by atoms with Crippen LogP contribution in [0.1, 0.15) is 17.0 Å². The van der Waals surface area contributed by atoms with E-state index in [0.29, 0.717) is 16.6 Å². The van der Waals surface area contributed by atoms with Crippen molar-refractivity contribution in [3.8, 4) is 5.75 Å². The van der Waals surface area contributed by atoms with Gasteiger partial charge in [0, 0.05) is 18.8 Å². The number of hydrogen-bond acceptors (Lipinski definition) is 8. The van der Waals surface area contributed by atoms with Crippen LogP contribution in [-0.2, 0) is 13.2 Å². The molecular formula is C24H24ClFN6OS. The number of nitrogens with one attached hydrogen (secondary N) is 2. The molecule has 0 saturated carbocycles. The Morgan fingerprint density at radius 3 is 2.97 bits per heavy atom. The molecule has 34 heavy (non-hydrogen) atoms. The number of hydrogen-bond donors (Lipinski definition) is 2. The highest BCUT2D eigenvalue weighted by molar-refractivity contribution is 7.18. The molecule has 5 rings (SSSR count). The van der Waals surface area contributed by atoms with Crippen LogP contribution in [0.2, 0.25) is 5.02 Å². The number of anilines is 2. The van der Waals surface area contributed by atoms with E-state index in [9.17, 15) is 4.39 Å². The van der Waals surface area contributed by atoms with Gasteiger partial charge < -0.3 is 15.4 Å². The van der Waals surface area contributed by atoms with Crippen LogP contribution in [0.25, 0.3) is 10.3 Å². The third-order valence-electron chi connectivity index (χ3n) is 5.51. The molecule has 3 heterocycles. The van der Waals surface area contributed by atoms with E-state index in [-0.39, 0.29) is 12.4 Å². The second-order valence-corrected chi connectivity index (χ2v) is 9.52. The van der Waals surface area contributed by atoms with Gasteiger partial charge in [0.05, 0.1) is 11.6 Å². The van der Waals surface area contributed by atoms with E-state index in [1.165, 1.54) is 12.1 Å². The summed E-state index contributed by atoms with van der Waals surface area (Å²) in [6, 6.07) is 11.7. The number of fused-ring (bicyclic) bond motifs is 1. The monoisotopic (exact) mass is 498 g/mol. The molecule has 0 atom stereocenters. The van der Waals surface area contributed by atoms with E-state index in [1.54, 1.807) is 41.9 Å². The summed E-state index contributed by atoms with van der Waals surface area (Å²) in [6.07, 6.45) is 2.68. The summed E-state index contributed by atoms with van der Waals surface area (Å²) in [4.78, 5) is 16.9. The molecule has 0 radical (unpaired) electrons. The molecule has 10 heteroatoms. The summed E-state index contributed by atoms with van der Waals surface area (Å²) in [6.45, 7) is 5.18. The van der Waals surface area contributed by atoms with Crippen molar-refractivity contribution in [3.05, 3.63) is 70.2 Å². The Bertz CT molecular complexity index is 1280. The van der Waals surface area contributed by atoms with Crippen molar-refractivity contribution in [3.63, 3.8) is 0 Å². The zero-order valence-corrected chi connectivity index (χ0v) is 20.0. The lowest BCUT2D eigenvalue weighted by molar-refractivity contribution is 0.284. The largest absolute Gasteiger partial charge is 0.487 e. The summed E-state index contributed by atoms with van der Waals surface area (Å²) in [5, 5.41) is 8.20. The van der Waals surface area contributed by atoms with E-state index in [1.807, 2.05) is 6.07 Å². The number of halogens is 2. The molecule has 1 saturated heterocycles. The molecule has 1 aliphatic heterocycles. The Labute approximate surface area is 206 Å². The smallest absolute Gasteiger partial charge is 0.161 e. The lowest BCUT2D eigenvalue weighted by atomic mass is 10.2. The van der Waals surface area contributed by atoms with E-state index < -0.39 is 0 Å². The number of ether oxygens (including phenoxy) is 1. The van der Waals surface area contributed by atoms with Crippen molar-refractivity contribution in [1.29, 1.82) is 0 Å². The highest BCUT2D eigenvalue weighted by atomic mass is 35.5. The van der Waals surface area contributed by atoms with Gasteiger partial charge in [-0.05, 0) is 55.4 Å². The molecule has 0 spiro atoms. The Hall–Kier alpha value is -2.85. The van der Waals surface area contributed by atoms with Gasteiger partial charge in [-0.1, -0.05) is 35.1 Å². The van der Waals surface area contributed by atoms with E-state index in [2.05, 4.69) is 25.5 Å². The van der Waals surface area contributed by atoms with Crippen LogP contribution < -0.4 is 15.4 Å². The van der Waals surface area contributed by atoms with Gasteiger partial charge >= 0.3 is 0 Å². The minimum absolute atomic E-state index is 0.228. The van der Waals surface area contributed by atoms with Crippen molar-refractivity contribution in [1.82, 2.24) is 25.2 Å². The second kappa shape index (κ2) is 10.6. The molecule has 0 unspecified atom stereocenters. The standard InChI is InChI=1S/C24H24ClFN6OS/c25-19-12-18(5-6-20(19)33-14-16-3-1-4-17(26)11-16)30-23-22-24(29-15-28-23)34-21(31-22)13-32-9-2-7-27-8-10-32/h1,3-6,11-12,15,27H,2,7-10,13-14H2,(H,28,29,30). The van der Waals surface area contributed by atoms with Crippen molar-refractivity contribution in [2.45, 2.75) is 19.6 Å². The molecule has 1 fully saturated rings. The number of thiazole rings is 1. The van der Waals surface area contributed by atoms with Gasteiger partial charge in [0.25, 0.3) is 0 Å². The van der Waals surface area contributed by atoms with E-state index in [4.69, 9.17) is 21.3 Å². The average molecular weight is 499 g/mol. The van der Waals surface area contributed by atoms with Gasteiger partial charge in [-0.2, -0.15) is 0 Å². The minimum Gasteiger partial charge on any atom is -0.487 e. The van der Waals surface area contributed by atoms with Crippen molar-refractivity contribution in [2.24, 2.45) is 0 Å².